The Hall–Kier alpha value is -3.25. The van der Waals surface area contributed by atoms with Crippen molar-refractivity contribution in [3.8, 4) is 5.69 Å². The van der Waals surface area contributed by atoms with Gasteiger partial charge in [0.1, 0.15) is 11.6 Å². The van der Waals surface area contributed by atoms with Gasteiger partial charge in [0, 0.05) is 19.2 Å². The first-order valence-corrected chi connectivity index (χ1v) is 11.7. The molecule has 3 rings (SSSR count). The number of nitrogens with one attached hydrogen (secondary N) is 1. The van der Waals surface area contributed by atoms with E-state index in [-0.39, 0.29) is 29.5 Å². The van der Waals surface area contributed by atoms with Crippen LogP contribution in [-0.2, 0) is 16.2 Å². The van der Waals surface area contributed by atoms with Crippen molar-refractivity contribution in [2.75, 3.05) is 18.4 Å². The van der Waals surface area contributed by atoms with Crippen molar-refractivity contribution in [1.29, 1.82) is 0 Å². The number of carbonyl (C=O) groups excluding carboxylic acids is 1. The van der Waals surface area contributed by atoms with E-state index in [2.05, 4.69) is 10.4 Å². The van der Waals surface area contributed by atoms with Gasteiger partial charge in [0.25, 0.3) is 5.91 Å². The first kappa shape index (κ1) is 25.4. The van der Waals surface area contributed by atoms with Crippen LogP contribution in [0.2, 0.25) is 0 Å². The predicted octanol–water partition coefficient (Wildman–Crippen LogP) is 4.62. The minimum Gasteiger partial charge on any atom is -0.306 e. The summed E-state index contributed by atoms with van der Waals surface area (Å²) in [7, 11) is -3.97. The van der Waals surface area contributed by atoms with E-state index in [9.17, 15) is 30.8 Å². The highest BCUT2D eigenvalue weighted by Crippen LogP contribution is 2.34. The molecule has 0 spiro atoms. The zero-order valence-electron chi connectivity index (χ0n) is 18.5. The van der Waals surface area contributed by atoms with E-state index in [1.807, 2.05) is 0 Å². The Morgan fingerprint density at radius 3 is 2.35 bits per heavy atom. The number of sulfonamides is 1. The summed E-state index contributed by atoms with van der Waals surface area (Å²) >= 11 is 0. The zero-order valence-corrected chi connectivity index (χ0v) is 19.3. The maximum Gasteiger partial charge on any atom is 0.418 e. The molecule has 7 nitrogen and oxygen atoms in total. The average molecular weight is 499 g/mol. The molecule has 3 aromatic rings. The smallest absolute Gasteiger partial charge is 0.306 e. The Labute approximate surface area is 194 Å². The molecule has 1 N–H and O–H groups in total. The highest BCUT2D eigenvalue weighted by molar-refractivity contribution is 7.89. The van der Waals surface area contributed by atoms with Gasteiger partial charge in [0.05, 0.1) is 27.4 Å². The Morgan fingerprint density at radius 1 is 1.09 bits per heavy atom. The lowest BCUT2D eigenvalue weighted by Gasteiger charge is -2.19. The molecule has 0 saturated carbocycles. The molecule has 34 heavy (non-hydrogen) atoms. The van der Waals surface area contributed by atoms with Gasteiger partial charge in [-0.1, -0.05) is 26.0 Å². The second-order valence-corrected chi connectivity index (χ2v) is 9.22. The molecule has 0 aliphatic rings. The number of carbonyl (C=O) groups is 1. The van der Waals surface area contributed by atoms with Crippen LogP contribution in [0.4, 0.5) is 23.4 Å². The Morgan fingerprint density at radius 2 is 1.74 bits per heavy atom. The number of nitrogens with zero attached hydrogens (tertiary/aromatic N) is 3. The minimum absolute atomic E-state index is 0.143. The van der Waals surface area contributed by atoms with E-state index >= 15 is 0 Å². The third kappa shape index (κ3) is 4.97. The molecule has 1 heterocycles. The molecule has 182 valence electrons. The molecule has 0 fully saturated rings. The lowest BCUT2D eigenvalue weighted by Crippen LogP contribution is -2.31. The number of aromatic nitrogens is 2. The Kier molecular flexibility index (Phi) is 7.13. The van der Waals surface area contributed by atoms with Gasteiger partial charge < -0.3 is 5.32 Å². The van der Waals surface area contributed by atoms with Crippen LogP contribution in [0.5, 0.6) is 0 Å². The number of hydrogen-bond donors (Lipinski definition) is 1. The molecule has 0 radical (unpaired) electrons. The highest BCUT2D eigenvalue weighted by Gasteiger charge is 2.34. The summed E-state index contributed by atoms with van der Waals surface area (Å²) in [6.45, 7) is 5.14. The SMILES string of the molecule is CCN(CC)S(=O)(=O)c1ccc(F)c(C(=O)Nc2cc(C)nn2-c2ccccc2C(F)(F)F)c1. The third-order valence-corrected chi connectivity index (χ3v) is 7.08. The number of amides is 1. The van der Waals surface area contributed by atoms with Crippen molar-refractivity contribution in [2.24, 2.45) is 0 Å². The van der Waals surface area contributed by atoms with Gasteiger partial charge in [-0.2, -0.15) is 22.6 Å². The number of hydrogen-bond acceptors (Lipinski definition) is 4. The molecular formula is C22H22F4N4O3S. The zero-order chi connectivity index (χ0) is 25.3. The monoisotopic (exact) mass is 498 g/mol. The van der Waals surface area contributed by atoms with Crippen LogP contribution in [0.25, 0.3) is 5.69 Å². The topological polar surface area (TPSA) is 84.3 Å². The molecule has 2 aromatic carbocycles. The lowest BCUT2D eigenvalue weighted by atomic mass is 10.1. The van der Waals surface area contributed by atoms with Gasteiger partial charge in [-0.25, -0.2) is 17.5 Å². The molecule has 0 bridgehead atoms. The van der Waals surface area contributed by atoms with E-state index < -0.39 is 39.1 Å². The number of para-hydroxylation sites is 1. The Bertz CT molecular complexity index is 1320. The summed E-state index contributed by atoms with van der Waals surface area (Å²) in [6.07, 6.45) is -4.68. The van der Waals surface area contributed by atoms with Crippen molar-refractivity contribution < 1.29 is 30.8 Å². The molecule has 1 aromatic heterocycles. The summed E-state index contributed by atoms with van der Waals surface area (Å²) < 4.78 is 82.5. The van der Waals surface area contributed by atoms with E-state index in [0.29, 0.717) is 5.69 Å². The first-order valence-electron chi connectivity index (χ1n) is 10.2. The van der Waals surface area contributed by atoms with E-state index in [0.717, 1.165) is 33.3 Å². The van der Waals surface area contributed by atoms with Crippen molar-refractivity contribution in [2.45, 2.75) is 31.8 Å². The van der Waals surface area contributed by atoms with Gasteiger partial charge in [0.15, 0.2) is 0 Å². The fraction of sp³-hybridized carbons (Fsp3) is 0.273. The molecule has 0 saturated heterocycles. The van der Waals surface area contributed by atoms with Crippen molar-refractivity contribution >= 4 is 21.7 Å². The number of halogens is 4. The maximum atomic E-state index is 14.5. The van der Waals surface area contributed by atoms with Crippen LogP contribution in [-0.4, -0.2) is 41.5 Å². The van der Waals surface area contributed by atoms with Crippen LogP contribution < -0.4 is 5.32 Å². The fourth-order valence-electron chi connectivity index (χ4n) is 3.41. The normalized spacial score (nSPS) is 12.2. The molecule has 12 heteroatoms. The average Bonchev–Trinajstić information content (AvgIpc) is 3.13. The largest absolute Gasteiger partial charge is 0.418 e. The highest BCUT2D eigenvalue weighted by atomic mass is 32.2. The molecule has 0 atom stereocenters. The summed E-state index contributed by atoms with van der Waals surface area (Å²) in [5.74, 6) is -2.18. The van der Waals surface area contributed by atoms with E-state index in [1.165, 1.54) is 31.2 Å². The maximum absolute atomic E-state index is 14.5. The number of aryl methyl sites for hydroxylation is 1. The minimum atomic E-state index is -4.68. The number of benzene rings is 2. The summed E-state index contributed by atoms with van der Waals surface area (Å²) in [4.78, 5) is 12.6. The second kappa shape index (κ2) is 9.55. The van der Waals surface area contributed by atoms with Crippen LogP contribution in [0.1, 0.15) is 35.5 Å². The van der Waals surface area contributed by atoms with Gasteiger partial charge in [0.2, 0.25) is 10.0 Å². The van der Waals surface area contributed by atoms with Gasteiger partial charge in [-0.05, 0) is 37.3 Å². The Balaban J connectivity index is 2.02. The van der Waals surface area contributed by atoms with Gasteiger partial charge in [-0.3, -0.25) is 4.79 Å². The second-order valence-electron chi connectivity index (χ2n) is 7.28. The summed E-state index contributed by atoms with van der Waals surface area (Å²) in [6, 6.07) is 8.78. The molecule has 0 aliphatic carbocycles. The van der Waals surface area contributed by atoms with Gasteiger partial charge >= 0.3 is 6.18 Å². The van der Waals surface area contributed by atoms with Crippen molar-refractivity contribution in [3.05, 3.63) is 71.2 Å². The molecule has 1 amide bonds. The van der Waals surface area contributed by atoms with Crippen LogP contribution in [0, 0.1) is 12.7 Å². The van der Waals surface area contributed by atoms with Crippen LogP contribution in [0.15, 0.2) is 53.4 Å². The first-order chi connectivity index (χ1) is 15.9. The van der Waals surface area contributed by atoms with Gasteiger partial charge in [-0.15, -0.1) is 0 Å². The standard InChI is InChI=1S/C22H22F4N4O3S/c1-4-29(5-2)34(32,33)15-10-11-18(23)16(13-15)21(31)27-20-12-14(3)28-30(20)19-9-7-6-8-17(19)22(24,25)26/h6-13H,4-5H2,1-3H3,(H,27,31). The molecule has 0 unspecified atom stereocenters. The fourth-order valence-corrected chi connectivity index (χ4v) is 4.89. The molecular weight excluding hydrogens is 476 g/mol. The third-order valence-electron chi connectivity index (χ3n) is 5.04. The summed E-state index contributed by atoms with van der Waals surface area (Å²) in [5.41, 5.74) is -1.60. The molecule has 0 aliphatic heterocycles. The van der Waals surface area contributed by atoms with Crippen LogP contribution >= 0.6 is 0 Å². The lowest BCUT2D eigenvalue weighted by molar-refractivity contribution is -0.137. The van der Waals surface area contributed by atoms with Crippen molar-refractivity contribution in [1.82, 2.24) is 14.1 Å². The van der Waals surface area contributed by atoms with E-state index in [1.54, 1.807) is 13.8 Å². The number of rotatable bonds is 7. The quantitative estimate of drug-likeness (QED) is 0.482. The predicted molar refractivity (Wildman–Crippen MR) is 118 cm³/mol. The number of anilines is 1. The van der Waals surface area contributed by atoms with Crippen LogP contribution in [0.3, 0.4) is 0 Å². The number of alkyl halides is 3. The van der Waals surface area contributed by atoms with Crippen molar-refractivity contribution in [3.63, 3.8) is 0 Å². The van der Waals surface area contributed by atoms with E-state index in [4.69, 9.17) is 0 Å². The summed E-state index contributed by atoms with van der Waals surface area (Å²) in [5, 5.41) is 6.38.